The van der Waals surface area contributed by atoms with Crippen LogP contribution >= 0.6 is 0 Å². The van der Waals surface area contributed by atoms with E-state index in [0.29, 0.717) is 5.75 Å². The van der Waals surface area contributed by atoms with Crippen LogP contribution in [0.25, 0.3) is 0 Å². The maximum absolute atomic E-state index is 11.2. The van der Waals surface area contributed by atoms with Crippen LogP contribution in [0.3, 0.4) is 0 Å². The number of non-ortho nitro benzene ring substituents is 1. The van der Waals surface area contributed by atoms with Crippen LogP contribution in [-0.2, 0) is 4.79 Å². The Kier molecular flexibility index (Phi) is 5.25. The summed E-state index contributed by atoms with van der Waals surface area (Å²) in [6.45, 7) is 3.86. The van der Waals surface area contributed by atoms with E-state index in [9.17, 15) is 14.9 Å². The number of carbonyl (C=O) groups is 1. The summed E-state index contributed by atoms with van der Waals surface area (Å²) in [5.74, 6) is -0.0574. The molecule has 1 amide bonds. The maximum Gasteiger partial charge on any atom is 0.269 e. The van der Waals surface area contributed by atoms with Gasteiger partial charge in [0.25, 0.3) is 5.69 Å². The number of ether oxygens (including phenoxy) is 1. The molecule has 0 aliphatic heterocycles. The molecule has 0 aliphatic rings. The molecule has 104 valence electrons. The van der Waals surface area contributed by atoms with Crippen LogP contribution in [0.4, 0.5) is 5.69 Å². The Hall–Kier alpha value is -2.15. The number of nitro groups is 1. The normalized spacial score (nSPS) is 12.2. The van der Waals surface area contributed by atoms with Crippen molar-refractivity contribution in [2.24, 2.45) is 5.73 Å². The van der Waals surface area contributed by atoms with Gasteiger partial charge in [0, 0.05) is 18.2 Å². The molecule has 0 heterocycles. The number of hydrogen-bond acceptors (Lipinski definition) is 5. The fourth-order valence-electron chi connectivity index (χ4n) is 1.46. The molecule has 1 unspecified atom stereocenters. The van der Waals surface area contributed by atoms with Crippen LogP contribution in [-0.4, -0.2) is 29.5 Å². The summed E-state index contributed by atoms with van der Waals surface area (Å²) in [5, 5.41) is 13.5. The minimum absolute atomic E-state index is 0.0147. The maximum atomic E-state index is 11.2. The lowest BCUT2D eigenvalue weighted by Crippen LogP contribution is -2.48. The third-order valence-electron chi connectivity index (χ3n) is 2.34. The second-order valence-corrected chi connectivity index (χ2v) is 4.34. The number of nitrogens with one attached hydrogen (secondary N) is 1. The van der Waals surface area contributed by atoms with E-state index < -0.39 is 16.9 Å². The summed E-state index contributed by atoms with van der Waals surface area (Å²) in [6.07, 6.45) is 0. The van der Waals surface area contributed by atoms with Gasteiger partial charge in [-0.1, -0.05) is 13.8 Å². The van der Waals surface area contributed by atoms with E-state index in [2.05, 4.69) is 5.32 Å². The second kappa shape index (κ2) is 6.69. The van der Waals surface area contributed by atoms with Gasteiger partial charge in [0.05, 0.1) is 4.92 Å². The van der Waals surface area contributed by atoms with Crippen LogP contribution in [0.2, 0.25) is 0 Å². The molecule has 3 N–H and O–H groups in total. The number of hydrogen-bond donors (Lipinski definition) is 2. The van der Waals surface area contributed by atoms with Crippen molar-refractivity contribution in [1.29, 1.82) is 0 Å². The number of nitrogens with zero attached hydrogens (tertiary/aromatic N) is 1. The molecule has 0 saturated heterocycles. The number of amides is 1. The average molecular weight is 267 g/mol. The van der Waals surface area contributed by atoms with Crippen molar-refractivity contribution in [3.63, 3.8) is 0 Å². The number of nitro benzene ring substituents is 1. The first kappa shape index (κ1) is 14.9. The predicted octanol–water partition coefficient (Wildman–Crippen LogP) is 0.825. The highest BCUT2D eigenvalue weighted by Gasteiger charge is 2.17. The molecule has 0 fully saturated rings. The number of primary amides is 1. The standard InChI is InChI=1S/C12H17N3O4/c1-8(2)14-11(12(13)16)7-19-10-5-3-9(4-6-10)15(17)18/h3-6,8,11,14H,7H2,1-2H3,(H2,13,16). The Bertz CT molecular complexity index is 445. The lowest BCUT2D eigenvalue weighted by Gasteiger charge is -2.18. The lowest BCUT2D eigenvalue weighted by molar-refractivity contribution is -0.384. The molecule has 0 saturated carbocycles. The summed E-state index contributed by atoms with van der Waals surface area (Å²) in [6, 6.07) is 5.12. The van der Waals surface area contributed by atoms with Crippen molar-refractivity contribution >= 4 is 11.6 Å². The smallest absolute Gasteiger partial charge is 0.269 e. The van der Waals surface area contributed by atoms with Crippen LogP contribution in [0.15, 0.2) is 24.3 Å². The van der Waals surface area contributed by atoms with E-state index in [0.717, 1.165) is 0 Å². The predicted molar refractivity (Wildman–Crippen MR) is 69.8 cm³/mol. The number of benzene rings is 1. The molecule has 0 bridgehead atoms. The molecule has 7 nitrogen and oxygen atoms in total. The minimum atomic E-state index is -0.602. The molecule has 1 aromatic rings. The van der Waals surface area contributed by atoms with Crippen LogP contribution in [0.5, 0.6) is 5.75 Å². The summed E-state index contributed by atoms with van der Waals surface area (Å²) in [5.41, 5.74) is 5.23. The van der Waals surface area contributed by atoms with E-state index in [-0.39, 0.29) is 18.3 Å². The van der Waals surface area contributed by atoms with Crippen molar-refractivity contribution < 1.29 is 14.5 Å². The van der Waals surface area contributed by atoms with E-state index >= 15 is 0 Å². The molecule has 19 heavy (non-hydrogen) atoms. The molecule has 7 heteroatoms. The SMILES string of the molecule is CC(C)NC(COc1ccc([N+](=O)[O-])cc1)C(N)=O. The zero-order chi connectivity index (χ0) is 14.4. The summed E-state index contributed by atoms with van der Waals surface area (Å²) < 4.78 is 5.38. The average Bonchev–Trinajstić information content (AvgIpc) is 2.34. The van der Waals surface area contributed by atoms with Gasteiger partial charge in [-0.3, -0.25) is 14.9 Å². The van der Waals surface area contributed by atoms with E-state index in [1.807, 2.05) is 13.8 Å². The molecule has 1 rings (SSSR count). The van der Waals surface area contributed by atoms with Crippen molar-refractivity contribution in [3.05, 3.63) is 34.4 Å². The molecular formula is C12H17N3O4. The Morgan fingerprint density at radius 3 is 2.42 bits per heavy atom. The van der Waals surface area contributed by atoms with Gasteiger partial charge >= 0.3 is 0 Å². The lowest BCUT2D eigenvalue weighted by atomic mass is 10.2. The van der Waals surface area contributed by atoms with Gasteiger partial charge in [-0.2, -0.15) is 0 Å². The monoisotopic (exact) mass is 267 g/mol. The molecule has 0 aromatic heterocycles. The minimum Gasteiger partial charge on any atom is -0.491 e. The largest absolute Gasteiger partial charge is 0.491 e. The van der Waals surface area contributed by atoms with Crippen LogP contribution < -0.4 is 15.8 Å². The van der Waals surface area contributed by atoms with Crippen molar-refractivity contribution in [2.75, 3.05) is 6.61 Å². The molecule has 1 aromatic carbocycles. The Balaban J connectivity index is 2.59. The summed E-state index contributed by atoms with van der Waals surface area (Å²) >= 11 is 0. The molecule has 0 spiro atoms. The van der Waals surface area contributed by atoms with Gasteiger partial charge < -0.3 is 15.8 Å². The fraction of sp³-hybridized carbons (Fsp3) is 0.417. The first-order valence-electron chi connectivity index (χ1n) is 5.82. The van der Waals surface area contributed by atoms with Crippen molar-refractivity contribution in [2.45, 2.75) is 25.9 Å². The fourth-order valence-corrected chi connectivity index (χ4v) is 1.46. The first-order valence-corrected chi connectivity index (χ1v) is 5.82. The van der Waals surface area contributed by atoms with E-state index in [4.69, 9.17) is 10.5 Å². The van der Waals surface area contributed by atoms with Gasteiger partial charge in [-0.25, -0.2) is 0 Å². The van der Waals surface area contributed by atoms with Gasteiger partial charge in [-0.05, 0) is 12.1 Å². The molecular weight excluding hydrogens is 250 g/mol. The van der Waals surface area contributed by atoms with E-state index in [1.165, 1.54) is 24.3 Å². The van der Waals surface area contributed by atoms with Gasteiger partial charge in [0.1, 0.15) is 18.4 Å². The van der Waals surface area contributed by atoms with Crippen LogP contribution in [0, 0.1) is 10.1 Å². The first-order chi connectivity index (χ1) is 8.90. The zero-order valence-electron chi connectivity index (χ0n) is 10.8. The number of carbonyl (C=O) groups excluding carboxylic acids is 1. The molecule has 0 aliphatic carbocycles. The zero-order valence-corrected chi connectivity index (χ0v) is 10.8. The highest BCUT2D eigenvalue weighted by atomic mass is 16.6. The number of rotatable bonds is 7. The Labute approximate surface area is 110 Å². The third-order valence-corrected chi connectivity index (χ3v) is 2.34. The van der Waals surface area contributed by atoms with Gasteiger partial charge in [-0.15, -0.1) is 0 Å². The topological polar surface area (TPSA) is 107 Å². The number of nitrogens with two attached hydrogens (primary N) is 1. The third kappa shape index (κ3) is 4.92. The highest BCUT2D eigenvalue weighted by molar-refractivity contribution is 5.80. The van der Waals surface area contributed by atoms with Crippen LogP contribution in [0.1, 0.15) is 13.8 Å². The molecule has 0 radical (unpaired) electrons. The van der Waals surface area contributed by atoms with Crippen molar-refractivity contribution in [1.82, 2.24) is 5.32 Å². The van der Waals surface area contributed by atoms with Gasteiger partial charge in [0.15, 0.2) is 0 Å². The Morgan fingerprint density at radius 1 is 1.42 bits per heavy atom. The Morgan fingerprint density at radius 2 is 2.00 bits per heavy atom. The molecule has 1 atom stereocenters. The highest BCUT2D eigenvalue weighted by Crippen LogP contribution is 2.17. The van der Waals surface area contributed by atoms with E-state index in [1.54, 1.807) is 0 Å². The summed E-state index contributed by atoms with van der Waals surface area (Å²) in [4.78, 5) is 21.2. The quantitative estimate of drug-likeness (QED) is 0.562. The second-order valence-electron chi connectivity index (χ2n) is 4.34. The van der Waals surface area contributed by atoms with Gasteiger partial charge in [0.2, 0.25) is 5.91 Å². The summed E-state index contributed by atoms with van der Waals surface area (Å²) in [7, 11) is 0. The van der Waals surface area contributed by atoms with Crippen molar-refractivity contribution in [3.8, 4) is 5.75 Å².